The summed E-state index contributed by atoms with van der Waals surface area (Å²) in [4.78, 5) is 11.1. The summed E-state index contributed by atoms with van der Waals surface area (Å²) in [7, 11) is 0. The largest absolute Gasteiger partial charge is 0.309 e. The van der Waals surface area contributed by atoms with Crippen molar-refractivity contribution in [1.29, 1.82) is 0 Å². The van der Waals surface area contributed by atoms with Crippen molar-refractivity contribution in [3.63, 3.8) is 0 Å². The van der Waals surface area contributed by atoms with Crippen LogP contribution in [0.2, 0.25) is 0 Å². The number of rotatable bonds is 3. The van der Waals surface area contributed by atoms with E-state index in [1.54, 1.807) is 0 Å². The maximum absolute atomic E-state index is 4.68. The Morgan fingerprint density at radius 3 is 2.57 bits per heavy atom. The molecule has 0 radical (unpaired) electrons. The van der Waals surface area contributed by atoms with Gasteiger partial charge in [0.2, 0.25) is 0 Å². The summed E-state index contributed by atoms with van der Waals surface area (Å²) in [5, 5.41) is 2.56. The molecule has 4 heterocycles. The highest BCUT2D eigenvalue weighted by Crippen LogP contribution is 2.50. The minimum atomic E-state index is 0.0177. The summed E-state index contributed by atoms with van der Waals surface area (Å²) in [6.07, 6.45) is 12.4. The summed E-state index contributed by atoms with van der Waals surface area (Å²) in [6.45, 7) is 4.77. The monoisotopic (exact) mass is 454 g/mol. The number of benzene rings is 2. The molecule has 0 bridgehead atoms. The molecule has 0 unspecified atom stereocenters. The number of pyridine rings is 2. The number of para-hydroxylation sites is 1. The first-order valence-electron chi connectivity index (χ1n) is 12.2. The molecule has 7 rings (SSSR count). The van der Waals surface area contributed by atoms with Gasteiger partial charge in [-0.15, -0.1) is 0 Å². The van der Waals surface area contributed by atoms with E-state index in [-0.39, 0.29) is 5.41 Å². The van der Waals surface area contributed by atoms with E-state index < -0.39 is 0 Å². The molecule has 0 spiro atoms. The van der Waals surface area contributed by atoms with Gasteiger partial charge in [0.15, 0.2) is 0 Å². The van der Waals surface area contributed by atoms with Crippen LogP contribution >= 0.6 is 0 Å². The first-order valence-corrected chi connectivity index (χ1v) is 12.2. The first kappa shape index (κ1) is 20.2. The molecule has 0 saturated carbocycles. The minimum Gasteiger partial charge on any atom is -0.309 e. The fourth-order valence-electron chi connectivity index (χ4n) is 6.00. The highest BCUT2D eigenvalue weighted by atomic mass is 15.2. The van der Waals surface area contributed by atoms with Crippen molar-refractivity contribution < 1.29 is 0 Å². The average Bonchev–Trinajstić information content (AvgIpc) is 3.23. The number of anilines is 3. The average molecular weight is 455 g/mol. The Morgan fingerprint density at radius 1 is 0.857 bits per heavy atom. The molecule has 0 fully saturated rings. The van der Waals surface area contributed by atoms with Crippen molar-refractivity contribution in [2.45, 2.75) is 32.1 Å². The highest BCUT2D eigenvalue weighted by molar-refractivity contribution is 6.14. The maximum Gasteiger partial charge on any atom is 0.137 e. The van der Waals surface area contributed by atoms with E-state index in [4.69, 9.17) is 0 Å². The molecule has 170 valence electrons. The predicted octanol–water partition coefficient (Wildman–Crippen LogP) is 7.91. The Balaban J connectivity index is 1.53. The lowest BCUT2D eigenvalue weighted by Crippen LogP contribution is -2.28. The van der Waals surface area contributed by atoms with Crippen LogP contribution in [-0.4, -0.2) is 14.5 Å². The van der Waals surface area contributed by atoms with Gasteiger partial charge in [-0.1, -0.05) is 44.2 Å². The number of fused-ring (bicyclic) bond motifs is 4. The van der Waals surface area contributed by atoms with Crippen LogP contribution in [0.25, 0.3) is 27.5 Å². The lowest BCUT2D eigenvalue weighted by atomic mass is 9.71. The van der Waals surface area contributed by atoms with E-state index in [1.165, 1.54) is 38.6 Å². The van der Waals surface area contributed by atoms with Crippen molar-refractivity contribution in [2.75, 3.05) is 4.90 Å². The Bertz CT molecular complexity index is 1620. The van der Waals surface area contributed by atoms with E-state index in [1.807, 2.05) is 48.9 Å². The number of nitrogens with zero attached hydrogens (tertiary/aromatic N) is 4. The second kappa shape index (κ2) is 7.41. The zero-order chi connectivity index (χ0) is 23.6. The third-order valence-electron chi connectivity index (χ3n) is 7.64. The molecule has 1 aliphatic heterocycles. The summed E-state index contributed by atoms with van der Waals surface area (Å²) in [5.74, 6) is 0.883. The molecule has 3 aromatic heterocycles. The topological polar surface area (TPSA) is 34.0 Å². The third kappa shape index (κ3) is 2.86. The number of hydrogen-bond donors (Lipinski definition) is 0. The zero-order valence-electron chi connectivity index (χ0n) is 19.9. The molecule has 2 aliphatic rings. The van der Waals surface area contributed by atoms with Crippen LogP contribution in [0.1, 0.15) is 32.3 Å². The number of aromatic nitrogens is 3. The highest BCUT2D eigenvalue weighted by Gasteiger charge is 2.36. The summed E-state index contributed by atoms with van der Waals surface area (Å²) in [5.41, 5.74) is 9.02. The van der Waals surface area contributed by atoms with Gasteiger partial charge in [0.25, 0.3) is 0 Å². The van der Waals surface area contributed by atoms with E-state index >= 15 is 0 Å². The second-order valence-corrected chi connectivity index (χ2v) is 9.90. The van der Waals surface area contributed by atoms with Crippen molar-refractivity contribution in [2.24, 2.45) is 0 Å². The van der Waals surface area contributed by atoms with Gasteiger partial charge in [-0.2, -0.15) is 0 Å². The van der Waals surface area contributed by atoms with Crippen LogP contribution in [0.15, 0.2) is 103 Å². The molecule has 0 atom stereocenters. The van der Waals surface area contributed by atoms with E-state index in [9.17, 15) is 0 Å². The normalized spacial score (nSPS) is 16.1. The molecule has 35 heavy (non-hydrogen) atoms. The Morgan fingerprint density at radius 2 is 1.74 bits per heavy atom. The predicted molar refractivity (Wildman–Crippen MR) is 144 cm³/mol. The van der Waals surface area contributed by atoms with Gasteiger partial charge in [-0.05, 0) is 72.5 Å². The van der Waals surface area contributed by atoms with Gasteiger partial charge in [-0.25, -0.2) is 4.98 Å². The number of allylic oxidation sites excluding steroid dienone is 4. The minimum absolute atomic E-state index is 0.0177. The van der Waals surface area contributed by atoms with Crippen molar-refractivity contribution in [3.05, 3.63) is 109 Å². The van der Waals surface area contributed by atoms with Crippen molar-refractivity contribution >= 4 is 44.7 Å². The molecule has 1 aliphatic carbocycles. The Hall–Kier alpha value is -4.18. The lowest BCUT2D eigenvalue weighted by Gasteiger charge is -2.37. The SMILES string of the molecule is CC1(C)C2=C(C=CCC2)n2c3ccc(N(c4ccncc4)c4ccccn4)cc3c3cccc1c32. The van der Waals surface area contributed by atoms with Gasteiger partial charge in [-0.3, -0.25) is 9.88 Å². The van der Waals surface area contributed by atoms with Crippen LogP contribution in [0.4, 0.5) is 17.2 Å². The van der Waals surface area contributed by atoms with Crippen LogP contribution < -0.4 is 4.90 Å². The Labute approximate surface area is 204 Å². The summed E-state index contributed by atoms with van der Waals surface area (Å²) >= 11 is 0. The fourth-order valence-corrected chi connectivity index (χ4v) is 6.00. The molecule has 0 amide bonds. The number of hydrogen-bond acceptors (Lipinski definition) is 3. The van der Waals surface area contributed by atoms with Gasteiger partial charge < -0.3 is 4.57 Å². The quantitative estimate of drug-likeness (QED) is 0.278. The summed E-state index contributed by atoms with van der Waals surface area (Å²) < 4.78 is 2.50. The third-order valence-corrected chi connectivity index (χ3v) is 7.64. The van der Waals surface area contributed by atoms with Gasteiger partial charge in [0.05, 0.1) is 16.7 Å². The van der Waals surface area contributed by atoms with Gasteiger partial charge in [0.1, 0.15) is 5.82 Å². The van der Waals surface area contributed by atoms with E-state index in [2.05, 4.69) is 81.8 Å². The van der Waals surface area contributed by atoms with Crippen LogP contribution in [-0.2, 0) is 5.41 Å². The molecule has 0 saturated heterocycles. The van der Waals surface area contributed by atoms with E-state index in [0.717, 1.165) is 30.0 Å². The Kier molecular flexibility index (Phi) is 4.28. The fraction of sp³-hybridized carbons (Fsp3) is 0.161. The van der Waals surface area contributed by atoms with Crippen LogP contribution in [0, 0.1) is 0 Å². The maximum atomic E-state index is 4.68. The molecule has 4 nitrogen and oxygen atoms in total. The van der Waals surface area contributed by atoms with Crippen molar-refractivity contribution in [3.8, 4) is 0 Å². The smallest absolute Gasteiger partial charge is 0.137 e. The first-order chi connectivity index (χ1) is 17.1. The van der Waals surface area contributed by atoms with Gasteiger partial charge in [0, 0.05) is 46.2 Å². The molecule has 2 aromatic carbocycles. The molecular weight excluding hydrogens is 428 g/mol. The van der Waals surface area contributed by atoms with Crippen LogP contribution in [0.5, 0.6) is 0 Å². The second-order valence-electron chi connectivity index (χ2n) is 9.90. The molecule has 0 N–H and O–H groups in total. The molecule has 4 heteroatoms. The summed E-state index contributed by atoms with van der Waals surface area (Å²) in [6, 6.07) is 23.7. The molecule has 5 aromatic rings. The van der Waals surface area contributed by atoms with Crippen molar-refractivity contribution in [1.82, 2.24) is 14.5 Å². The zero-order valence-corrected chi connectivity index (χ0v) is 19.9. The lowest BCUT2D eigenvalue weighted by molar-refractivity contribution is 0.585. The van der Waals surface area contributed by atoms with Gasteiger partial charge >= 0.3 is 0 Å². The molecular formula is C31H26N4. The van der Waals surface area contributed by atoms with E-state index in [0.29, 0.717) is 0 Å². The van der Waals surface area contributed by atoms with Crippen LogP contribution in [0.3, 0.4) is 0 Å². The standard InChI is InChI=1S/C31H26N4/c1-31(2)25-9-3-4-11-28(25)35-27-14-13-22(20-24(27)23-8-7-10-26(31)30(23)35)34(21-15-18-32-19-16-21)29-12-5-6-17-33-29/h4-8,10-20H,3,9H2,1-2H3.